The van der Waals surface area contributed by atoms with Crippen molar-refractivity contribution in [2.75, 3.05) is 24.2 Å². The third-order valence-electron chi connectivity index (χ3n) is 4.94. The monoisotopic (exact) mass is 451 g/mol. The number of carbonyl (C=O) groups excluding carboxylic acids is 1. The molecular weight excluding hydrogens is 429 g/mol. The van der Waals surface area contributed by atoms with E-state index in [1.54, 1.807) is 0 Å². The number of primary amides is 1. The van der Waals surface area contributed by atoms with E-state index in [1.807, 2.05) is 0 Å². The summed E-state index contributed by atoms with van der Waals surface area (Å²) in [5.74, 6) is -1.27. The minimum absolute atomic E-state index is 0.00428. The number of amides is 1. The molecule has 31 heavy (non-hydrogen) atoms. The van der Waals surface area contributed by atoms with Crippen molar-refractivity contribution >= 4 is 32.8 Å². The summed E-state index contributed by atoms with van der Waals surface area (Å²) in [4.78, 5) is 16.4. The minimum atomic E-state index is -3.78. The highest BCUT2D eigenvalue weighted by molar-refractivity contribution is 7.92. The summed E-state index contributed by atoms with van der Waals surface area (Å²) in [6.45, 7) is 0.538. The van der Waals surface area contributed by atoms with Gasteiger partial charge in [0.2, 0.25) is 15.7 Å². The first-order chi connectivity index (χ1) is 14.3. The van der Waals surface area contributed by atoms with Crippen molar-refractivity contribution in [2.24, 2.45) is 5.73 Å². The maximum absolute atomic E-state index is 13.2. The van der Waals surface area contributed by atoms with E-state index in [1.165, 1.54) is 44.3 Å². The average Bonchev–Trinajstić information content (AvgIpc) is 3.04. The van der Waals surface area contributed by atoms with Gasteiger partial charge in [0.15, 0.2) is 5.82 Å². The van der Waals surface area contributed by atoms with Crippen LogP contribution in [0, 0.1) is 5.82 Å². The largest absolute Gasteiger partial charge is 0.441 e. The zero-order chi connectivity index (χ0) is 23.1. The summed E-state index contributed by atoms with van der Waals surface area (Å²) in [6.07, 6.45) is 1.05. The molecule has 3 aromatic rings. The van der Waals surface area contributed by atoms with Gasteiger partial charge in [-0.15, -0.1) is 0 Å². The van der Waals surface area contributed by atoms with Crippen LogP contribution >= 0.6 is 0 Å². The van der Waals surface area contributed by atoms with Gasteiger partial charge in [-0.1, -0.05) is 12.1 Å². The van der Waals surface area contributed by atoms with Crippen LogP contribution in [-0.4, -0.2) is 49.4 Å². The van der Waals surface area contributed by atoms with E-state index in [4.69, 9.17) is 10.2 Å². The van der Waals surface area contributed by atoms with Crippen LogP contribution in [0.5, 0.6) is 0 Å². The van der Waals surface area contributed by atoms with E-state index >= 15 is 0 Å². The maximum Gasteiger partial charge on any atom is 0.252 e. The van der Waals surface area contributed by atoms with Gasteiger partial charge in [-0.05, 0) is 30.7 Å². The Kier molecular flexibility index (Phi) is 5.78. The quantitative estimate of drug-likeness (QED) is 0.490. The number of rotatable bonds is 7. The molecule has 0 saturated heterocycles. The molecule has 3 rings (SSSR count). The molecule has 0 aliphatic rings. The topological polar surface area (TPSA) is 147 Å². The number of aromatic nitrogens is 1. The van der Waals surface area contributed by atoms with Crippen molar-refractivity contribution in [3.8, 4) is 0 Å². The lowest BCUT2D eigenvalue weighted by Gasteiger charge is -2.27. The number of pyridine rings is 1. The fraction of sp³-hybridized carbons (Fsp3) is 0.300. The van der Waals surface area contributed by atoms with Crippen molar-refractivity contribution < 1.29 is 32.2 Å². The summed E-state index contributed by atoms with van der Waals surface area (Å²) in [7, 11) is -2.54. The Bertz CT molecular complexity index is 1250. The number of aliphatic hydroxyl groups is 2. The van der Waals surface area contributed by atoms with Crippen molar-refractivity contribution in [3.05, 3.63) is 58.6 Å². The van der Waals surface area contributed by atoms with Gasteiger partial charge in [0.05, 0.1) is 23.8 Å². The zero-order valence-electron chi connectivity index (χ0n) is 17.1. The molecule has 0 fully saturated rings. The molecule has 166 valence electrons. The molecule has 0 aliphatic heterocycles. The van der Waals surface area contributed by atoms with E-state index in [0.29, 0.717) is 5.56 Å². The van der Waals surface area contributed by atoms with Gasteiger partial charge >= 0.3 is 0 Å². The number of benzene rings is 1. The van der Waals surface area contributed by atoms with Gasteiger partial charge in [-0.3, -0.25) is 9.10 Å². The third-order valence-corrected chi connectivity index (χ3v) is 6.11. The number of anilines is 1. The summed E-state index contributed by atoms with van der Waals surface area (Å²) < 4.78 is 43.9. The average molecular weight is 451 g/mol. The van der Waals surface area contributed by atoms with Crippen molar-refractivity contribution in [1.82, 2.24) is 4.98 Å². The number of aliphatic hydroxyl groups excluding tert-OH is 1. The highest BCUT2D eigenvalue weighted by Crippen LogP contribution is 2.36. The lowest BCUT2D eigenvalue weighted by atomic mass is 9.95. The first kappa shape index (κ1) is 22.7. The fourth-order valence-electron chi connectivity index (χ4n) is 3.12. The Morgan fingerprint density at radius 2 is 1.94 bits per heavy atom. The van der Waals surface area contributed by atoms with Gasteiger partial charge < -0.3 is 20.4 Å². The Morgan fingerprint density at radius 1 is 1.32 bits per heavy atom. The summed E-state index contributed by atoms with van der Waals surface area (Å²) >= 11 is 0. The van der Waals surface area contributed by atoms with Crippen LogP contribution in [0.2, 0.25) is 0 Å². The number of fused-ring (bicyclic) bond motifs is 1. The Balaban J connectivity index is 2.29. The van der Waals surface area contributed by atoms with E-state index in [2.05, 4.69) is 4.98 Å². The normalized spacial score (nSPS) is 13.9. The number of nitrogens with two attached hydrogens (primary N) is 1. The molecule has 0 bridgehead atoms. The molecule has 1 aromatic carbocycles. The van der Waals surface area contributed by atoms with Crippen molar-refractivity contribution in [3.63, 3.8) is 0 Å². The van der Waals surface area contributed by atoms with Gasteiger partial charge in [0.1, 0.15) is 17.2 Å². The second-order valence-electron chi connectivity index (χ2n) is 7.44. The Labute approximate surface area is 178 Å². The molecule has 2 aromatic heterocycles. The molecular formula is C20H22FN3O6S. The van der Waals surface area contributed by atoms with E-state index in [-0.39, 0.29) is 40.2 Å². The Morgan fingerprint density at radius 3 is 2.45 bits per heavy atom. The first-order valence-electron chi connectivity index (χ1n) is 9.13. The molecule has 9 nitrogen and oxygen atoms in total. The number of hydrogen-bond donors (Lipinski definition) is 3. The molecule has 0 radical (unpaired) electrons. The number of hydrogen-bond acceptors (Lipinski definition) is 7. The van der Waals surface area contributed by atoms with Crippen LogP contribution in [0.15, 0.2) is 34.7 Å². The Hall–Kier alpha value is -3.02. The summed E-state index contributed by atoms with van der Waals surface area (Å²) in [5.41, 5.74) is 4.20. The molecule has 1 unspecified atom stereocenters. The predicted molar refractivity (Wildman–Crippen MR) is 112 cm³/mol. The van der Waals surface area contributed by atoms with E-state index < -0.39 is 34.0 Å². The minimum Gasteiger partial charge on any atom is -0.441 e. The van der Waals surface area contributed by atoms with Gasteiger partial charge in [-0.2, -0.15) is 4.98 Å². The fourth-order valence-corrected chi connectivity index (χ4v) is 3.58. The van der Waals surface area contributed by atoms with Crippen molar-refractivity contribution in [2.45, 2.75) is 18.9 Å². The van der Waals surface area contributed by atoms with Crippen LogP contribution in [0.25, 0.3) is 11.1 Å². The number of carbonyl (C=O) groups is 1. The predicted octanol–water partition coefficient (Wildman–Crippen LogP) is 1.25. The molecule has 1 amide bonds. The number of furan rings is 1. The van der Waals surface area contributed by atoms with Crippen molar-refractivity contribution in [1.29, 1.82) is 0 Å². The van der Waals surface area contributed by atoms with Gasteiger partial charge in [0, 0.05) is 19.0 Å². The van der Waals surface area contributed by atoms with Crippen LogP contribution in [-0.2, 0) is 22.0 Å². The molecule has 0 spiro atoms. The second-order valence-corrected chi connectivity index (χ2v) is 9.46. The van der Waals surface area contributed by atoms with Crippen LogP contribution in [0.4, 0.5) is 10.2 Å². The van der Waals surface area contributed by atoms with Crippen LogP contribution in [0.1, 0.15) is 34.2 Å². The smallest absolute Gasteiger partial charge is 0.252 e. The lowest BCUT2D eigenvalue weighted by molar-refractivity contribution is -0.00190. The maximum atomic E-state index is 13.2. The highest BCUT2D eigenvalue weighted by atomic mass is 32.2. The molecule has 0 saturated carbocycles. The lowest BCUT2D eigenvalue weighted by Crippen LogP contribution is -2.33. The first-order valence-corrected chi connectivity index (χ1v) is 11.0. The molecule has 1 atom stereocenters. The van der Waals surface area contributed by atoms with E-state index in [9.17, 15) is 27.8 Å². The second kappa shape index (κ2) is 7.91. The van der Waals surface area contributed by atoms with Crippen LogP contribution < -0.4 is 10.0 Å². The molecule has 4 N–H and O–H groups in total. The number of nitrogens with zero attached hydrogens (tertiary/aromatic N) is 2. The van der Waals surface area contributed by atoms with Gasteiger partial charge in [-0.25, -0.2) is 12.8 Å². The third kappa shape index (κ3) is 4.38. The SMILES string of the molecule is CN(c1nc2oc(Cc3ccc(F)cc3)c(C(N)=O)c2cc1C(C)(O)CO)S(C)(=O)=O. The van der Waals surface area contributed by atoms with Crippen LogP contribution in [0.3, 0.4) is 0 Å². The van der Waals surface area contributed by atoms with Gasteiger partial charge in [0.25, 0.3) is 5.91 Å². The highest BCUT2D eigenvalue weighted by Gasteiger charge is 2.33. The number of halogens is 1. The number of sulfonamides is 1. The molecule has 0 aliphatic carbocycles. The molecule has 2 heterocycles. The van der Waals surface area contributed by atoms with E-state index in [0.717, 1.165) is 10.6 Å². The summed E-state index contributed by atoms with van der Waals surface area (Å²) in [6, 6.07) is 6.89. The molecule has 11 heteroatoms. The zero-order valence-corrected chi connectivity index (χ0v) is 17.9. The standard InChI is InChI=1S/C20H22FN3O6S/c1-20(27,10-25)14-9-13-16(17(22)26)15(8-11-4-6-12(21)7-5-11)30-19(13)23-18(14)24(2)31(3,28)29/h4-7,9,25,27H,8,10H2,1-3H3,(H2,22,26). The summed E-state index contributed by atoms with van der Waals surface area (Å²) in [5, 5.41) is 20.4.